The second kappa shape index (κ2) is 6.48. The zero-order chi connectivity index (χ0) is 21.0. The van der Waals surface area contributed by atoms with Crippen LogP contribution in [0.1, 0.15) is 33.5 Å². The molecule has 0 radical (unpaired) electrons. The fraction of sp³-hybridized carbons (Fsp3) is 0.136. The lowest BCUT2D eigenvalue weighted by Gasteiger charge is -2.21. The van der Waals surface area contributed by atoms with Crippen molar-refractivity contribution in [1.82, 2.24) is 9.97 Å². The van der Waals surface area contributed by atoms with Crippen LogP contribution in [-0.2, 0) is 4.79 Å². The number of carbonyl (C=O) groups excluding carboxylic acids is 2. The van der Waals surface area contributed by atoms with E-state index in [1.807, 2.05) is 26.0 Å². The molecule has 0 saturated carbocycles. The van der Waals surface area contributed by atoms with Crippen molar-refractivity contribution >= 4 is 28.7 Å². The summed E-state index contributed by atoms with van der Waals surface area (Å²) in [6.07, 6.45) is 2.79. The first kappa shape index (κ1) is 18.0. The van der Waals surface area contributed by atoms with E-state index < -0.39 is 23.5 Å². The largest absolute Gasteiger partial charge is 0.503 e. The molecule has 4 aromatic rings. The van der Waals surface area contributed by atoms with Crippen molar-refractivity contribution in [2.75, 3.05) is 4.90 Å². The van der Waals surface area contributed by atoms with Crippen molar-refractivity contribution < 1.29 is 23.5 Å². The van der Waals surface area contributed by atoms with Gasteiger partial charge in [0.15, 0.2) is 11.5 Å². The molecule has 0 spiro atoms. The molecule has 3 aromatic heterocycles. The summed E-state index contributed by atoms with van der Waals surface area (Å²) >= 11 is 0. The monoisotopic (exact) mass is 403 g/mol. The van der Waals surface area contributed by atoms with Crippen LogP contribution >= 0.6 is 0 Å². The number of anilines is 1. The third-order valence-corrected chi connectivity index (χ3v) is 5.32. The summed E-state index contributed by atoms with van der Waals surface area (Å²) < 4.78 is 10.7. The average Bonchev–Trinajstić information content (AvgIpc) is 3.50. The second-order valence-corrected chi connectivity index (χ2v) is 7.18. The molecule has 1 aliphatic rings. The molecular weight excluding hydrogens is 386 g/mol. The maximum atomic E-state index is 13.0. The third-order valence-electron chi connectivity index (χ3n) is 5.32. The van der Waals surface area contributed by atoms with E-state index in [-0.39, 0.29) is 17.3 Å². The van der Waals surface area contributed by atoms with Gasteiger partial charge >= 0.3 is 0 Å². The molecule has 1 unspecified atom stereocenters. The maximum Gasteiger partial charge on any atom is 0.296 e. The number of Topliss-reactive ketones (excluding diaryl/α,β-unsaturated/α-hetero) is 1. The molecule has 30 heavy (non-hydrogen) atoms. The lowest BCUT2D eigenvalue weighted by atomic mass is 10.00. The number of furan rings is 2. The Morgan fingerprint density at radius 1 is 1.13 bits per heavy atom. The fourth-order valence-electron chi connectivity index (χ4n) is 3.68. The van der Waals surface area contributed by atoms with E-state index in [2.05, 4.69) is 9.97 Å². The first-order chi connectivity index (χ1) is 14.5. The van der Waals surface area contributed by atoms with Gasteiger partial charge in [0, 0.05) is 0 Å². The first-order valence-corrected chi connectivity index (χ1v) is 9.31. The molecule has 2 N–H and O–H groups in total. The summed E-state index contributed by atoms with van der Waals surface area (Å²) in [5, 5.41) is 10.6. The highest BCUT2D eigenvalue weighted by molar-refractivity contribution is 6.19. The molecule has 1 aromatic carbocycles. The molecule has 4 heterocycles. The number of hydrogen-bond acceptors (Lipinski definition) is 6. The third kappa shape index (κ3) is 2.57. The van der Waals surface area contributed by atoms with Gasteiger partial charge in [-0.1, -0.05) is 0 Å². The first-order valence-electron chi connectivity index (χ1n) is 9.31. The van der Waals surface area contributed by atoms with Gasteiger partial charge in [-0.25, -0.2) is 4.98 Å². The van der Waals surface area contributed by atoms with Crippen molar-refractivity contribution in [2.24, 2.45) is 0 Å². The van der Waals surface area contributed by atoms with E-state index in [1.54, 1.807) is 18.2 Å². The molecule has 1 atom stereocenters. The van der Waals surface area contributed by atoms with Gasteiger partial charge in [0.25, 0.3) is 5.91 Å². The number of H-pyrrole nitrogens is 1. The number of aryl methyl sites for hydroxylation is 2. The minimum atomic E-state index is -0.993. The molecule has 8 nitrogen and oxygen atoms in total. The topological polar surface area (TPSA) is 113 Å². The van der Waals surface area contributed by atoms with E-state index in [4.69, 9.17) is 8.83 Å². The van der Waals surface area contributed by atoms with Crippen LogP contribution in [0.2, 0.25) is 0 Å². The number of ketones is 1. The van der Waals surface area contributed by atoms with Crippen LogP contribution in [0.3, 0.4) is 0 Å². The Balaban J connectivity index is 1.67. The standard InChI is InChI=1S/C22H17N3O5/c1-11-9-13-14(10-12(11)2)24-22(23-13)25-18(15-5-3-7-29-15)17(20(27)21(25)28)19(26)16-6-4-8-30-16/h3-10,18,27H,1-2H3,(H,23,24). The SMILES string of the molecule is Cc1cc2nc(N3C(=O)C(O)=C(C(=O)c4ccco4)C3c3ccco3)[nH]c2cc1C. The van der Waals surface area contributed by atoms with Gasteiger partial charge in [-0.2, -0.15) is 0 Å². The van der Waals surface area contributed by atoms with Gasteiger partial charge in [-0.3, -0.25) is 14.5 Å². The summed E-state index contributed by atoms with van der Waals surface area (Å²) in [6.45, 7) is 3.96. The van der Waals surface area contributed by atoms with Crippen LogP contribution in [-0.4, -0.2) is 26.8 Å². The Morgan fingerprint density at radius 2 is 1.87 bits per heavy atom. The molecule has 1 aliphatic heterocycles. The van der Waals surface area contributed by atoms with E-state index >= 15 is 0 Å². The van der Waals surface area contributed by atoms with Crippen LogP contribution in [0.4, 0.5) is 5.95 Å². The van der Waals surface area contributed by atoms with Gasteiger partial charge in [0.2, 0.25) is 11.7 Å². The number of hydrogen-bond donors (Lipinski definition) is 2. The number of imidazole rings is 1. The Labute approximate surface area is 170 Å². The number of rotatable bonds is 4. The van der Waals surface area contributed by atoms with E-state index in [0.717, 1.165) is 16.6 Å². The van der Waals surface area contributed by atoms with E-state index in [1.165, 1.54) is 23.5 Å². The summed E-state index contributed by atoms with van der Waals surface area (Å²) in [6, 6.07) is 9.17. The molecular formula is C22H17N3O5. The molecule has 1 amide bonds. The number of amides is 1. The summed E-state index contributed by atoms with van der Waals surface area (Å²) in [5.41, 5.74) is 3.42. The summed E-state index contributed by atoms with van der Waals surface area (Å²) in [7, 11) is 0. The predicted octanol–water partition coefficient (Wildman–Crippen LogP) is 4.15. The zero-order valence-electron chi connectivity index (χ0n) is 16.2. The van der Waals surface area contributed by atoms with Gasteiger partial charge in [-0.05, 0) is 61.4 Å². The van der Waals surface area contributed by atoms with E-state index in [0.29, 0.717) is 11.3 Å². The van der Waals surface area contributed by atoms with Crippen molar-refractivity contribution in [3.8, 4) is 0 Å². The van der Waals surface area contributed by atoms with Crippen molar-refractivity contribution in [2.45, 2.75) is 19.9 Å². The maximum absolute atomic E-state index is 13.0. The molecule has 5 rings (SSSR count). The molecule has 0 fully saturated rings. The van der Waals surface area contributed by atoms with Crippen molar-refractivity contribution in [3.05, 3.63) is 82.9 Å². The molecule has 0 bridgehead atoms. The highest BCUT2D eigenvalue weighted by Gasteiger charge is 2.47. The van der Waals surface area contributed by atoms with E-state index in [9.17, 15) is 14.7 Å². The van der Waals surface area contributed by atoms with Gasteiger partial charge in [-0.15, -0.1) is 0 Å². The summed E-state index contributed by atoms with van der Waals surface area (Å²) in [4.78, 5) is 35.0. The molecule has 8 heteroatoms. The van der Waals surface area contributed by atoms with Crippen LogP contribution in [0.25, 0.3) is 11.0 Å². The normalized spacial score (nSPS) is 16.8. The smallest absolute Gasteiger partial charge is 0.296 e. The predicted molar refractivity (Wildman–Crippen MR) is 107 cm³/mol. The molecule has 150 valence electrons. The van der Waals surface area contributed by atoms with Crippen molar-refractivity contribution in [1.29, 1.82) is 0 Å². The van der Waals surface area contributed by atoms with Gasteiger partial charge in [0.05, 0.1) is 29.1 Å². The quantitative estimate of drug-likeness (QED) is 0.495. The van der Waals surface area contributed by atoms with Gasteiger partial charge in [0.1, 0.15) is 11.8 Å². The minimum Gasteiger partial charge on any atom is -0.503 e. The Kier molecular flexibility index (Phi) is 3.89. The Morgan fingerprint density at radius 3 is 2.57 bits per heavy atom. The zero-order valence-corrected chi connectivity index (χ0v) is 16.2. The van der Waals surface area contributed by atoms with Crippen molar-refractivity contribution in [3.63, 3.8) is 0 Å². The van der Waals surface area contributed by atoms with Crippen LogP contribution in [0.15, 0.2) is 69.1 Å². The second-order valence-electron chi connectivity index (χ2n) is 7.18. The number of carbonyl (C=O) groups is 2. The fourth-order valence-corrected chi connectivity index (χ4v) is 3.68. The number of nitrogens with zero attached hydrogens (tertiary/aromatic N) is 2. The minimum absolute atomic E-state index is 0.0126. The number of aromatic amines is 1. The highest BCUT2D eigenvalue weighted by Crippen LogP contribution is 2.41. The Bertz CT molecular complexity index is 1270. The van der Waals surface area contributed by atoms with Crippen LogP contribution in [0, 0.1) is 13.8 Å². The Hall–Kier alpha value is -4.07. The van der Waals surface area contributed by atoms with Crippen LogP contribution in [0.5, 0.6) is 0 Å². The summed E-state index contributed by atoms with van der Waals surface area (Å²) in [5.74, 6) is -1.48. The number of benzene rings is 1. The molecule has 0 saturated heterocycles. The number of fused-ring (bicyclic) bond motifs is 1. The molecule has 0 aliphatic carbocycles. The lowest BCUT2D eigenvalue weighted by Crippen LogP contribution is -2.31. The average molecular weight is 403 g/mol. The number of aromatic nitrogens is 2. The number of nitrogens with one attached hydrogen (secondary N) is 1. The number of aliphatic hydroxyl groups is 1. The highest BCUT2D eigenvalue weighted by atomic mass is 16.3. The lowest BCUT2D eigenvalue weighted by molar-refractivity contribution is -0.117. The van der Waals surface area contributed by atoms with Crippen LogP contribution < -0.4 is 4.90 Å². The van der Waals surface area contributed by atoms with Gasteiger partial charge < -0.3 is 18.9 Å². The number of aliphatic hydroxyl groups excluding tert-OH is 1.